The van der Waals surface area contributed by atoms with E-state index in [2.05, 4.69) is 13.8 Å². The third-order valence-corrected chi connectivity index (χ3v) is 4.93. The van der Waals surface area contributed by atoms with Crippen molar-refractivity contribution in [2.75, 3.05) is 7.11 Å². The van der Waals surface area contributed by atoms with Gasteiger partial charge in [0.25, 0.3) is 0 Å². The maximum atomic E-state index is 11.9. The lowest BCUT2D eigenvalue weighted by molar-refractivity contribution is -0.541. The maximum Gasteiger partial charge on any atom is 0.373 e. The Balaban J connectivity index is 2.11. The maximum absolute atomic E-state index is 11.9. The van der Waals surface area contributed by atoms with Gasteiger partial charge in [-0.2, -0.15) is 4.89 Å². The number of carbonyl (C=O) groups excluding carboxylic acids is 1. The van der Waals surface area contributed by atoms with Crippen molar-refractivity contribution in [3.05, 3.63) is 12.2 Å². The van der Waals surface area contributed by atoms with E-state index in [-0.39, 0.29) is 5.41 Å². The molecule has 0 unspecified atom stereocenters. The van der Waals surface area contributed by atoms with Crippen LogP contribution in [0.15, 0.2) is 12.2 Å². The van der Waals surface area contributed by atoms with Gasteiger partial charge in [-0.25, -0.2) is 9.68 Å². The number of ether oxygens (including phenoxy) is 2. The molecule has 0 N–H and O–H groups in total. The average Bonchev–Trinajstić information content (AvgIpc) is 2.37. The molecular formula is C14H20O5. The van der Waals surface area contributed by atoms with E-state index in [1.165, 1.54) is 7.11 Å². The van der Waals surface area contributed by atoms with Crippen molar-refractivity contribution in [1.29, 1.82) is 0 Å². The molecule has 3 atom stereocenters. The predicted molar refractivity (Wildman–Crippen MR) is 65.9 cm³/mol. The standard InChI is InChI=1S/C14H20O5/c1-11(2)6-5-7-12(3)14(11)9-8-13(17-12,18-19-14)10(15)16-4/h8-9H,5-7H2,1-4H3/t12-,13-,14+/m0/s1. The minimum Gasteiger partial charge on any atom is -0.465 e. The van der Waals surface area contributed by atoms with Crippen LogP contribution >= 0.6 is 0 Å². The molecular weight excluding hydrogens is 248 g/mol. The lowest BCUT2D eigenvalue weighted by Crippen LogP contribution is -2.74. The third kappa shape index (κ3) is 1.38. The van der Waals surface area contributed by atoms with E-state index < -0.39 is 23.0 Å². The van der Waals surface area contributed by atoms with E-state index in [9.17, 15) is 4.79 Å². The summed E-state index contributed by atoms with van der Waals surface area (Å²) < 4.78 is 10.8. The highest BCUT2D eigenvalue weighted by molar-refractivity contribution is 5.81. The first kappa shape index (κ1) is 13.1. The van der Waals surface area contributed by atoms with Gasteiger partial charge in [0.1, 0.15) is 5.60 Å². The summed E-state index contributed by atoms with van der Waals surface area (Å²) in [6.07, 6.45) is 6.42. The predicted octanol–water partition coefficient (Wildman–Crippen LogP) is 2.11. The van der Waals surface area contributed by atoms with Crippen LogP contribution in [-0.2, 0) is 24.0 Å². The van der Waals surface area contributed by atoms with Crippen molar-refractivity contribution in [2.24, 2.45) is 5.41 Å². The van der Waals surface area contributed by atoms with Crippen molar-refractivity contribution in [3.8, 4) is 0 Å². The van der Waals surface area contributed by atoms with Crippen LogP contribution in [0.5, 0.6) is 0 Å². The molecule has 1 spiro atoms. The minimum atomic E-state index is -1.56. The summed E-state index contributed by atoms with van der Waals surface area (Å²) in [7, 11) is 1.31. The summed E-state index contributed by atoms with van der Waals surface area (Å²) in [5.41, 5.74) is -1.37. The molecule has 2 fully saturated rings. The van der Waals surface area contributed by atoms with Gasteiger partial charge in [0.05, 0.1) is 7.11 Å². The normalized spacial score (nSPS) is 46.7. The Morgan fingerprint density at radius 1 is 1.16 bits per heavy atom. The number of hydrogen-bond acceptors (Lipinski definition) is 5. The summed E-state index contributed by atoms with van der Waals surface area (Å²) in [5.74, 6) is -2.15. The van der Waals surface area contributed by atoms with Gasteiger partial charge in [0.2, 0.25) is 0 Å². The van der Waals surface area contributed by atoms with Gasteiger partial charge in [0.15, 0.2) is 5.60 Å². The van der Waals surface area contributed by atoms with E-state index in [0.717, 1.165) is 19.3 Å². The van der Waals surface area contributed by atoms with E-state index >= 15 is 0 Å². The third-order valence-electron chi connectivity index (χ3n) is 4.93. The van der Waals surface area contributed by atoms with Gasteiger partial charge < -0.3 is 9.47 Å². The Kier molecular flexibility index (Phi) is 2.48. The molecule has 5 heteroatoms. The summed E-state index contributed by atoms with van der Waals surface area (Å²) in [5, 5.41) is 0. The second-order valence-electron chi connectivity index (χ2n) is 6.47. The molecule has 5 nitrogen and oxygen atoms in total. The Morgan fingerprint density at radius 2 is 1.89 bits per heavy atom. The van der Waals surface area contributed by atoms with Gasteiger partial charge in [-0.3, -0.25) is 0 Å². The molecule has 1 saturated carbocycles. The zero-order chi connectivity index (χ0) is 13.9. The van der Waals surface area contributed by atoms with Crippen LogP contribution in [0, 0.1) is 5.41 Å². The highest BCUT2D eigenvalue weighted by Gasteiger charge is 2.71. The lowest BCUT2D eigenvalue weighted by atomic mass is 9.57. The number of carbonyl (C=O) groups is 1. The molecule has 0 amide bonds. The summed E-state index contributed by atoms with van der Waals surface area (Å²) in [6.45, 7) is 6.26. The average molecular weight is 268 g/mol. The van der Waals surface area contributed by atoms with Crippen molar-refractivity contribution in [1.82, 2.24) is 0 Å². The smallest absolute Gasteiger partial charge is 0.373 e. The number of rotatable bonds is 1. The number of fused-ring (bicyclic) bond motifs is 1. The largest absolute Gasteiger partial charge is 0.465 e. The molecule has 0 radical (unpaired) electrons. The quantitative estimate of drug-likeness (QED) is 0.414. The van der Waals surface area contributed by atoms with Gasteiger partial charge in [-0.05, 0) is 38.3 Å². The first-order valence-corrected chi connectivity index (χ1v) is 6.67. The SMILES string of the molecule is COC(=O)[C@]12C=C[C@@]3(OO1)C(C)(C)CCC[C@]3(C)O2. The highest BCUT2D eigenvalue weighted by atomic mass is 17.3. The molecule has 4 aliphatic rings. The molecule has 1 aliphatic carbocycles. The van der Waals surface area contributed by atoms with Crippen molar-refractivity contribution in [2.45, 2.75) is 57.0 Å². The first-order chi connectivity index (χ1) is 8.81. The fraction of sp³-hybridized carbons (Fsp3) is 0.786. The van der Waals surface area contributed by atoms with E-state index in [4.69, 9.17) is 19.2 Å². The number of hydrogen-bond donors (Lipinski definition) is 0. The second-order valence-corrected chi connectivity index (χ2v) is 6.47. The molecule has 0 aromatic rings. The minimum absolute atomic E-state index is 0.126. The van der Waals surface area contributed by atoms with Crippen molar-refractivity contribution < 1.29 is 24.0 Å². The van der Waals surface area contributed by atoms with E-state index in [0.29, 0.717) is 0 Å². The van der Waals surface area contributed by atoms with Crippen LogP contribution in [0.3, 0.4) is 0 Å². The topological polar surface area (TPSA) is 54.0 Å². The molecule has 1 saturated heterocycles. The summed E-state index contributed by atoms with van der Waals surface area (Å²) in [6, 6.07) is 0. The number of esters is 1. The molecule has 19 heavy (non-hydrogen) atoms. The molecule has 0 aromatic heterocycles. The zero-order valence-electron chi connectivity index (χ0n) is 11.8. The Bertz CT molecular complexity index is 457. The Morgan fingerprint density at radius 3 is 2.47 bits per heavy atom. The molecule has 0 aromatic carbocycles. The first-order valence-electron chi connectivity index (χ1n) is 6.67. The molecule has 2 bridgehead atoms. The second kappa shape index (κ2) is 3.59. The van der Waals surface area contributed by atoms with Crippen LogP contribution in [0.1, 0.15) is 40.0 Å². The fourth-order valence-electron chi connectivity index (χ4n) is 3.77. The monoisotopic (exact) mass is 268 g/mol. The fourth-order valence-corrected chi connectivity index (χ4v) is 3.77. The Hall–Kier alpha value is -0.910. The van der Waals surface area contributed by atoms with Crippen LogP contribution in [-0.4, -0.2) is 30.1 Å². The Labute approximate surface area is 112 Å². The van der Waals surface area contributed by atoms with Crippen molar-refractivity contribution >= 4 is 5.97 Å². The lowest BCUT2D eigenvalue weighted by Gasteiger charge is -2.63. The summed E-state index contributed by atoms with van der Waals surface area (Å²) >= 11 is 0. The summed E-state index contributed by atoms with van der Waals surface area (Å²) in [4.78, 5) is 22.9. The van der Waals surface area contributed by atoms with Crippen LogP contribution in [0.2, 0.25) is 0 Å². The van der Waals surface area contributed by atoms with Gasteiger partial charge in [0, 0.05) is 5.41 Å². The van der Waals surface area contributed by atoms with Crippen LogP contribution in [0.4, 0.5) is 0 Å². The highest BCUT2D eigenvalue weighted by Crippen LogP contribution is 2.60. The van der Waals surface area contributed by atoms with Gasteiger partial charge >= 0.3 is 11.8 Å². The van der Waals surface area contributed by atoms with E-state index in [1.54, 1.807) is 6.08 Å². The van der Waals surface area contributed by atoms with Gasteiger partial charge in [-0.1, -0.05) is 13.8 Å². The van der Waals surface area contributed by atoms with E-state index in [1.807, 2.05) is 13.0 Å². The molecule has 3 aliphatic heterocycles. The van der Waals surface area contributed by atoms with Gasteiger partial charge in [-0.15, -0.1) is 0 Å². The molecule has 106 valence electrons. The molecule has 4 rings (SSSR count). The zero-order valence-corrected chi connectivity index (χ0v) is 11.8. The number of methoxy groups -OCH3 is 1. The van der Waals surface area contributed by atoms with Crippen LogP contribution in [0.25, 0.3) is 0 Å². The van der Waals surface area contributed by atoms with Crippen LogP contribution < -0.4 is 0 Å². The van der Waals surface area contributed by atoms with Crippen molar-refractivity contribution in [3.63, 3.8) is 0 Å². The molecule has 3 heterocycles.